The number of hydrogen-bond acceptors (Lipinski definition) is 1. The standard InChI is InChI=1S/C10H17NO/c1-8-3-2-5-10(6-4-8)7-9(12)11-10/h8H,2-7H2,1H3,(H,11,12). The number of carbonyl (C=O) groups excluding carboxylic acids is 1. The molecule has 12 heavy (non-hydrogen) atoms. The van der Waals surface area contributed by atoms with Gasteiger partial charge >= 0.3 is 0 Å². The summed E-state index contributed by atoms with van der Waals surface area (Å²) in [5.41, 5.74) is 0.238. The van der Waals surface area contributed by atoms with Crippen molar-refractivity contribution in [3.8, 4) is 0 Å². The molecule has 1 N–H and O–H groups in total. The third-order valence-corrected chi connectivity index (χ3v) is 3.37. The molecule has 0 aromatic carbocycles. The molecule has 1 heterocycles. The van der Waals surface area contributed by atoms with E-state index in [1.165, 1.54) is 32.1 Å². The molecule has 2 heteroatoms. The van der Waals surface area contributed by atoms with Crippen LogP contribution in [0, 0.1) is 5.92 Å². The molecule has 68 valence electrons. The number of nitrogens with one attached hydrogen (secondary N) is 1. The maximum absolute atomic E-state index is 10.9. The van der Waals surface area contributed by atoms with Gasteiger partial charge in [-0.15, -0.1) is 0 Å². The maximum Gasteiger partial charge on any atom is 0.222 e. The highest BCUT2D eigenvalue weighted by molar-refractivity contribution is 5.84. The van der Waals surface area contributed by atoms with Crippen molar-refractivity contribution in [2.45, 2.75) is 51.0 Å². The Hall–Kier alpha value is -0.530. The van der Waals surface area contributed by atoms with Crippen LogP contribution in [-0.4, -0.2) is 11.4 Å². The van der Waals surface area contributed by atoms with Gasteiger partial charge < -0.3 is 5.32 Å². The largest absolute Gasteiger partial charge is 0.350 e. The second-order valence-electron chi connectivity index (χ2n) is 4.54. The molecule has 0 bridgehead atoms. The minimum atomic E-state index is 0.238. The summed E-state index contributed by atoms with van der Waals surface area (Å²) >= 11 is 0. The fourth-order valence-corrected chi connectivity index (χ4v) is 2.47. The highest BCUT2D eigenvalue weighted by Crippen LogP contribution is 2.36. The molecule has 1 saturated heterocycles. The van der Waals surface area contributed by atoms with E-state index in [0.29, 0.717) is 0 Å². The predicted octanol–water partition coefficient (Wildman–Crippen LogP) is 1.85. The molecule has 0 aromatic heterocycles. The van der Waals surface area contributed by atoms with Crippen molar-refractivity contribution in [1.82, 2.24) is 5.32 Å². The van der Waals surface area contributed by atoms with E-state index in [4.69, 9.17) is 0 Å². The van der Waals surface area contributed by atoms with Gasteiger partial charge in [0.15, 0.2) is 0 Å². The van der Waals surface area contributed by atoms with Crippen molar-refractivity contribution >= 4 is 5.91 Å². The fourth-order valence-electron chi connectivity index (χ4n) is 2.47. The van der Waals surface area contributed by atoms with E-state index in [1.54, 1.807) is 0 Å². The zero-order chi connectivity index (χ0) is 8.60. The average molecular weight is 167 g/mol. The van der Waals surface area contributed by atoms with E-state index < -0.39 is 0 Å². The first-order valence-corrected chi connectivity index (χ1v) is 5.01. The van der Waals surface area contributed by atoms with Gasteiger partial charge in [0.2, 0.25) is 5.91 Å². The molecule has 1 saturated carbocycles. The Morgan fingerprint density at radius 3 is 2.83 bits per heavy atom. The van der Waals surface area contributed by atoms with Crippen molar-refractivity contribution in [1.29, 1.82) is 0 Å². The van der Waals surface area contributed by atoms with Crippen molar-refractivity contribution in [2.75, 3.05) is 0 Å². The molecule has 2 aliphatic rings. The van der Waals surface area contributed by atoms with Gasteiger partial charge in [-0.3, -0.25) is 4.79 Å². The molecule has 1 spiro atoms. The quantitative estimate of drug-likeness (QED) is 0.548. The van der Waals surface area contributed by atoms with Crippen LogP contribution in [0.3, 0.4) is 0 Å². The van der Waals surface area contributed by atoms with Crippen LogP contribution in [0.25, 0.3) is 0 Å². The lowest BCUT2D eigenvalue weighted by atomic mass is 9.80. The van der Waals surface area contributed by atoms with Crippen LogP contribution in [0.5, 0.6) is 0 Å². The molecular weight excluding hydrogens is 150 g/mol. The Morgan fingerprint density at radius 1 is 1.42 bits per heavy atom. The monoisotopic (exact) mass is 167 g/mol. The zero-order valence-electron chi connectivity index (χ0n) is 7.73. The lowest BCUT2D eigenvalue weighted by Crippen LogP contribution is -2.60. The molecule has 2 atom stereocenters. The lowest BCUT2D eigenvalue weighted by molar-refractivity contribution is -0.133. The van der Waals surface area contributed by atoms with E-state index in [2.05, 4.69) is 12.2 Å². The lowest BCUT2D eigenvalue weighted by Gasteiger charge is -2.41. The molecular formula is C10H17NO. The van der Waals surface area contributed by atoms with Crippen LogP contribution in [0.2, 0.25) is 0 Å². The highest BCUT2D eigenvalue weighted by Gasteiger charge is 2.42. The van der Waals surface area contributed by atoms with Crippen LogP contribution in [0.4, 0.5) is 0 Å². The Balaban J connectivity index is 1.95. The van der Waals surface area contributed by atoms with Gasteiger partial charge in [0, 0.05) is 12.0 Å². The predicted molar refractivity (Wildman–Crippen MR) is 47.7 cm³/mol. The van der Waals surface area contributed by atoms with E-state index >= 15 is 0 Å². The molecule has 2 unspecified atom stereocenters. The van der Waals surface area contributed by atoms with Gasteiger partial charge in [-0.1, -0.05) is 19.8 Å². The summed E-state index contributed by atoms with van der Waals surface area (Å²) in [5.74, 6) is 1.12. The van der Waals surface area contributed by atoms with Gasteiger partial charge in [-0.05, 0) is 25.2 Å². The molecule has 2 nitrogen and oxygen atoms in total. The first-order chi connectivity index (χ1) is 5.70. The van der Waals surface area contributed by atoms with Gasteiger partial charge in [0.1, 0.15) is 0 Å². The van der Waals surface area contributed by atoms with Crippen molar-refractivity contribution in [3.05, 3.63) is 0 Å². The van der Waals surface area contributed by atoms with E-state index in [1.807, 2.05) is 0 Å². The molecule has 2 rings (SSSR count). The fraction of sp³-hybridized carbons (Fsp3) is 0.900. The van der Waals surface area contributed by atoms with E-state index in [9.17, 15) is 4.79 Å². The van der Waals surface area contributed by atoms with Gasteiger partial charge in [-0.2, -0.15) is 0 Å². The van der Waals surface area contributed by atoms with E-state index in [0.717, 1.165) is 12.3 Å². The minimum Gasteiger partial charge on any atom is -0.350 e. The zero-order valence-corrected chi connectivity index (χ0v) is 7.73. The number of β-lactam (4-membered cyclic amide) rings is 1. The number of hydrogen-bond donors (Lipinski definition) is 1. The summed E-state index contributed by atoms with van der Waals surface area (Å²) in [6, 6.07) is 0. The van der Waals surface area contributed by atoms with Gasteiger partial charge in [-0.25, -0.2) is 0 Å². The maximum atomic E-state index is 10.9. The van der Waals surface area contributed by atoms with Gasteiger partial charge in [0.05, 0.1) is 0 Å². The first kappa shape index (κ1) is 8.09. The van der Waals surface area contributed by atoms with Crippen LogP contribution < -0.4 is 5.32 Å². The summed E-state index contributed by atoms with van der Waals surface area (Å²) in [6.45, 7) is 2.32. The van der Waals surface area contributed by atoms with Crippen LogP contribution in [-0.2, 0) is 4.79 Å². The normalized spacial score (nSPS) is 41.8. The Morgan fingerprint density at radius 2 is 2.17 bits per heavy atom. The number of rotatable bonds is 0. The summed E-state index contributed by atoms with van der Waals surface area (Å²) in [6.07, 6.45) is 7.14. The van der Waals surface area contributed by atoms with Crippen molar-refractivity contribution in [2.24, 2.45) is 5.92 Å². The third-order valence-electron chi connectivity index (χ3n) is 3.37. The summed E-state index contributed by atoms with van der Waals surface area (Å²) < 4.78 is 0. The van der Waals surface area contributed by atoms with Crippen LogP contribution in [0.1, 0.15) is 45.4 Å². The molecule has 2 fully saturated rings. The summed E-state index contributed by atoms with van der Waals surface area (Å²) in [7, 11) is 0. The third kappa shape index (κ3) is 1.35. The molecule has 1 amide bonds. The number of carbonyl (C=O) groups is 1. The second kappa shape index (κ2) is 2.75. The Kier molecular flexibility index (Phi) is 1.85. The average Bonchev–Trinajstić information content (AvgIpc) is 2.12. The SMILES string of the molecule is CC1CCCC2(CC1)CC(=O)N2. The topological polar surface area (TPSA) is 29.1 Å². The van der Waals surface area contributed by atoms with Gasteiger partial charge in [0.25, 0.3) is 0 Å². The Bertz CT molecular complexity index is 192. The molecule has 0 aromatic rings. The van der Waals surface area contributed by atoms with E-state index in [-0.39, 0.29) is 11.4 Å². The highest BCUT2D eigenvalue weighted by atomic mass is 16.2. The van der Waals surface area contributed by atoms with Crippen molar-refractivity contribution in [3.63, 3.8) is 0 Å². The number of amides is 1. The smallest absolute Gasteiger partial charge is 0.222 e. The van der Waals surface area contributed by atoms with Crippen LogP contribution >= 0.6 is 0 Å². The minimum absolute atomic E-state index is 0.238. The van der Waals surface area contributed by atoms with Crippen LogP contribution in [0.15, 0.2) is 0 Å². The second-order valence-corrected chi connectivity index (χ2v) is 4.54. The Labute approximate surface area is 73.7 Å². The molecule has 1 aliphatic carbocycles. The molecule has 1 aliphatic heterocycles. The molecule has 0 radical (unpaired) electrons. The van der Waals surface area contributed by atoms with Crippen molar-refractivity contribution < 1.29 is 4.79 Å². The first-order valence-electron chi connectivity index (χ1n) is 5.01. The summed E-state index contributed by atoms with van der Waals surface area (Å²) in [5, 5.41) is 3.08. The summed E-state index contributed by atoms with van der Waals surface area (Å²) in [4.78, 5) is 10.9.